The molecule has 22 heavy (non-hydrogen) atoms. The Labute approximate surface area is 131 Å². The van der Waals surface area contributed by atoms with Gasteiger partial charge in [0.05, 0.1) is 13.7 Å². The van der Waals surface area contributed by atoms with Gasteiger partial charge in [0.1, 0.15) is 5.75 Å². The number of nitrogens with zero attached hydrogens (tertiary/aromatic N) is 1. The number of likely N-dealkylation sites (N-methyl/N-ethyl adjacent to an activating group) is 1. The number of ether oxygens (including phenoxy) is 1. The van der Waals surface area contributed by atoms with Gasteiger partial charge in [-0.15, -0.1) is 0 Å². The van der Waals surface area contributed by atoms with Crippen LogP contribution < -0.4 is 15.4 Å². The molecule has 0 unspecified atom stereocenters. The van der Waals surface area contributed by atoms with Gasteiger partial charge in [-0.3, -0.25) is 15.0 Å². The van der Waals surface area contributed by atoms with Gasteiger partial charge in [0.2, 0.25) is 5.91 Å². The predicted octanol–water partition coefficient (Wildman–Crippen LogP) is 1.75. The van der Waals surface area contributed by atoms with E-state index >= 15 is 0 Å². The molecule has 0 aliphatic heterocycles. The molecule has 6 nitrogen and oxygen atoms in total. The third-order valence-electron chi connectivity index (χ3n) is 2.77. The summed E-state index contributed by atoms with van der Waals surface area (Å²) in [7, 11) is 3.44. The second-order valence-corrected chi connectivity index (χ2v) is 6.27. The van der Waals surface area contributed by atoms with E-state index in [4.69, 9.17) is 4.74 Å². The highest BCUT2D eigenvalue weighted by atomic mass is 16.5. The van der Waals surface area contributed by atoms with Crippen LogP contribution in [0.3, 0.4) is 0 Å². The smallest absolute Gasteiger partial charge is 0.321 e. The lowest BCUT2D eigenvalue weighted by Crippen LogP contribution is -2.50. The average Bonchev–Trinajstić information content (AvgIpc) is 2.36. The second kappa shape index (κ2) is 7.79. The summed E-state index contributed by atoms with van der Waals surface area (Å²) >= 11 is 0. The van der Waals surface area contributed by atoms with Crippen molar-refractivity contribution < 1.29 is 14.3 Å². The number of methoxy groups -OCH3 is 1. The Morgan fingerprint density at radius 3 is 2.27 bits per heavy atom. The van der Waals surface area contributed by atoms with E-state index in [0.29, 0.717) is 6.54 Å². The monoisotopic (exact) mass is 307 g/mol. The Kier molecular flexibility index (Phi) is 6.37. The molecular formula is C16H25N3O3. The van der Waals surface area contributed by atoms with Gasteiger partial charge in [-0.2, -0.15) is 0 Å². The lowest BCUT2D eigenvalue weighted by Gasteiger charge is -2.21. The molecule has 0 fully saturated rings. The highest BCUT2D eigenvalue weighted by molar-refractivity contribution is 5.95. The number of imide groups is 1. The van der Waals surface area contributed by atoms with Gasteiger partial charge in [0, 0.05) is 12.1 Å². The first-order valence-corrected chi connectivity index (χ1v) is 7.13. The largest absolute Gasteiger partial charge is 0.497 e. The molecule has 6 heteroatoms. The molecule has 0 bridgehead atoms. The lowest BCUT2D eigenvalue weighted by molar-refractivity contribution is -0.121. The molecule has 0 aromatic heterocycles. The average molecular weight is 307 g/mol. The molecule has 0 saturated heterocycles. The molecule has 1 aromatic carbocycles. The zero-order chi connectivity index (χ0) is 16.8. The number of carbonyl (C=O) groups excluding carboxylic acids is 2. The molecule has 122 valence electrons. The van der Waals surface area contributed by atoms with Crippen LogP contribution in [0.25, 0.3) is 0 Å². The summed E-state index contributed by atoms with van der Waals surface area (Å²) < 4.78 is 5.10. The zero-order valence-corrected chi connectivity index (χ0v) is 13.9. The zero-order valence-electron chi connectivity index (χ0n) is 13.9. The fraction of sp³-hybridized carbons (Fsp3) is 0.500. The van der Waals surface area contributed by atoms with Crippen molar-refractivity contribution in [2.75, 3.05) is 20.7 Å². The molecule has 0 saturated carbocycles. The SMILES string of the molecule is COc1ccc(CN(C)CC(=O)NC(=O)NC(C)(C)C)cc1. The fourth-order valence-electron chi connectivity index (χ4n) is 1.88. The number of amides is 3. The Bertz CT molecular complexity index is 506. The van der Waals surface area contributed by atoms with E-state index in [0.717, 1.165) is 11.3 Å². The Morgan fingerprint density at radius 2 is 1.77 bits per heavy atom. The van der Waals surface area contributed by atoms with Crippen LogP contribution in [0.2, 0.25) is 0 Å². The number of urea groups is 1. The van der Waals surface area contributed by atoms with Gasteiger partial charge < -0.3 is 10.1 Å². The first kappa shape index (κ1) is 18.0. The first-order valence-electron chi connectivity index (χ1n) is 7.13. The third kappa shape index (κ3) is 7.08. The van der Waals surface area contributed by atoms with Gasteiger partial charge in [0.15, 0.2) is 0 Å². The van der Waals surface area contributed by atoms with Crippen LogP contribution in [0, 0.1) is 0 Å². The number of hydrogen-bond acceptors (Lipinski definition) is 4. The maximum absolute atomic E-state index is 11.8. The molecule has 0 radical (unpaired) electrons. The van der Waals surface area contributed by atoms with Gasteiger partial charge in [-0.05, 0) is 45.5 Å². The van der Waals surface area contributed by atoms with Crippen molar-refractivity contribution in [2.45, 2.75) is 32.9 Å². The summed E-state index contributed by atoms with van der Waals surface area (Å²) in [6.45, 7) is 6.31. The van der Waals surface area contributed by atoms with Gasteiger partial charge in [-0.1, -0.05) is 12.1 Å². The minimum atomic E-state index is -0.477. The summed E-state index contributed by atoms with van der Waals surface area (Å²) in [6.07, 6.45) is 0. The van der Waals surface area contributed by atoms with Gasteiger partial charge in [-0.25, -0.2) is 4.79 Å². The molecule has 2 N–H and O–H groups in total. The van der Waals surface area contributed by atoms with Crippen LogP contribution in [-0.4, -0.2) is 43.1 Å². The predicted molar refractivity (Wildman–Crippen MR) is 85.8 cm³/mol. The summed E-state index contributed by atoms with van der Waals surface area (Å²) in [6, 6.07) is 7.16. The van der Waals surface area contributed by atoms with Gasteiger partial charge >= 0.3 is 6.03 Å². The fourth-order valence-corrected chi connectivity index (χ4v) is 1.88. The molecule has 1 rings (SSSR count). The molecular weight excluding hydrogens is 282 g/mol. The van der Waals surface area contributed by atoms with Crippen molar-refractivity contribution in [1.29, 1.82) is 0 Å². The molecule has 3 amide bonds. The van der Waals surface area contributed by atoms with Crippen molar-refractivity contribution in [3.8, 4) is 5.75 Å². The third-order valence-corrected chi connectivity index (χ3v) is 2.77. The van der Waals surface area contributed by atoms with Crippen molar-refractivity contribution in [3.05, 3.63) is 29.8 Å². The van der Waals surface area contributed by atoms with E-state index in [1.54, 1.807) is 7.11 Å². The normalized spacial score (nSPS) is 11.2. The van der Waals surface area contributed by atoms with E-state index in [-0.39, 0.29) is 18.0 Å². The van der Waals surface area contributed by atoms with Crippen LogP contribution in [0.1, 0.15) is 26.3 Å². The lowest BCUT2D eigenvalue weighted by atomic mass is 10.1. The number of carbonyl (C=O) groups is 2. The minimum absolute atomic E-state index is 0.142. The van der Waals surface area contributed by atoms with E-state index in [1.165, 1.54) is 0 Å². The van der Waals surface area contributed by atoms with E-state index < -0.39 is 6.03 Å². The van der Waals surface area contributed by atoms with Crippen LogP contribution >= 0.6 is 0 Å². The number of benzene rings is 1. The Balaban J connectivity index is 2.41. The number of rotatable bonds is 5. The van der Waals surface area contributed by atoms with Crippen molar-refractivity contribution in [3.63, 3.8) is 0 Å². The van der Waals surface area contributed by atoms with E-state index in [9.17, 15) is 9.59 Å². The molecule has 1 aromatic rings. The topological polar surface area (TPSA) is 70.7 Å². The van der Waals surface area contributed by atoms with Crippen LogP contribution in [-0.2, 0) is 11.3 Å². The van der Waals surface area contributed by atoms with Crippen LogP contribution in [0.15, 0.2) is 24.3 Å². The van der Waals surface area contributed by atoms with Gasteiger partial charge in [0.25, 0.3) is 0 Å². The summed E-state index contributed by atoms with van der Waals surface area (Å²) in [5.74, 6) is 0.459. The Morgan fingerprint density at radius 1 is 1.18 bits per heavy atom. The standard InChI is InChI=1S/C16H25N3O3/c1-16(2,3)18-15(21)17-14(20)11-19(4)10-12-6-8-13(22-5)9-7-12/h6-9H,10-11H2,1-5H3,(H2,17,18,20,21). The van der Waals surface area contributed by atoms with Crippen molar-refractivity contribution in [1.82, 2.24) is 15.5 Å². The minimum Gasteiger partial charge on any atom is -0.497 e. The number of nitrogens with one attached hydrogen (secondary N) is 2. The molecule has 0 spiro atoms. The summed E-state index contributed by atoms with van der Waals surface area (Å²) in [4.78, 5) is 25.2. The number of hydrogen-bond donors (Lipinski definition) is 2. The van der Waals surface area contributed by atoms with E-state index in [1.807, 2.05) is 57.0 Å². The summed E-state index contributed by atoms with van der Waals surface area (Å²) in [5, 5.41) is 5.00. The maximum atomic E-state index is 11.8. The second-order valence-electron chi connectivity index (χ2n) is 6.27. The molecule has 0 atom stereocenters. The van der Waals surface area contributed by atoms with Crippen LogP contribution in [0.4, 0.5) is 4.79 Å². The molecule has 0 aliphatic rings. The highest BCUT2D eigenvalue weighted by Crippen LogP contribution is 2.12. The maximum Gasteiger partial charge on any atom is 0.321 e. The highest BCUT2D eigenvalue weighted by Gasteiger charge is 2.16. The van der Waals surface area contributed by atoms with E-state index in [2.05, 4.69) is 10.6 Å². The van der Waals surface area contributed by atoms with Crippen LogP contribution in [0.5, 0.6) is 5.75 Å². The quantitative estimate of drug-likeness (QED) is 0.869. The molecule has 0 heterocycles. The first-order chi connectivity index (χ1) is 10.2. The van der Waals surface area contributed by atoms with Crippen molar-refractivity contribution in [2.24, 2.45) is 0 Å². The Hall–Kier alpha value is -2.08. The molecule has 0 aliphatic carbocycles. The van der Waals surface area contributed by atoms with Crippen molar-refractivity contribution >= 4 is 11.9 Å². The summed E-state index contributed by atoms with van der Waals surface area (Å²) in [5.41, 5.74) is 0.689.